The maximum atomic E-state index is 11.7. The molecule has 0 aromatic rings. The van der Waals surface area contributed by atoms with Crippen molar-refractivity contribution < 1.29 is 14.6 Å². The quantitative estimate of drug-likeness (QED) is 0.696. The first-order chi connectivity index (χ1) is 10.3. The number of carbonyl (C=O) groups excluding carboxylic acids is 1. The fourth-order valence-electron chi connectivity index (χ4n) is 6.83. The molecular formula is C19H30O3. The fraction of sp³-hybridized carbons (Fsp3) is 0.947. The summed E-state index contributed by atoms with van der Waals surface area (Å²) in [6.07, 6.45) is 7.48. The number of hydrogen-bond donors (Lipinski definition) is 1. The molecule has 124 valence electrons. The van der Waals surface area contributed by atoms with Crippen LogP contribution >= 0.6 is 0 Å². The van der Waals surface area contributed by atoms with E-state index >= 15 is 0 Å². The molecule has 3 aliphatic carbocycles. The molecule has 4 fully saturated rings. The molecule has 1 N–H and O–H groups in total. The second-order valence-electron chi connectivity index (χ2n) is 9.29. The third kappa shape index (κ3) is 1.75. The van der Waals surface area contributed by atoms with Crippen LogP contribution in [0.15, 0.2) is 0 Å². The summed E-state index contributed by atoms with van der Waals surface area (Å²) in [7, 11) is 0. The van der Waals surface area contributed by atoms with Gasteiger partial charge in [0.2, 0.25) is 0 Å². The summed E-state index contributed by atoms with van der Waals surface area (Å²) in [6, 6.07) is 0. The Balaban J connectivity index is 1.65. The number of ether oxygens (including phenoxy) is 1. The molecule has 4 rings (SSSR count). The van der Waals surface area contributed by atoms with Gasteiger partial charge < -0.3 is 9.84 Å². The predicted octanol–water partition coefficient (Wildman–Crippen LogP) is 3.54. The van der Waals surface area contributed by atoms with Gasteiger partial charge >= 0.3 is 5.97 Å². The van der Waals surface area contributed by atoms with Crippen molar-refractivity contribution in [1.82, 2.24) is 0 Å². The lowest BCUT2D eigenvalue weighted by molar-refractivity contribution is -0.186. The highest BCUT2D eigenvalue weighted by Gasteiger charge is 2.63. The largest absolute Gasteiger partial charge is 0.465 e. The van der Waals surface area contributed by atoms with Gasteiger partial charge in [0, 0.05) is 11.8 Å². The van der Waals surface area contributed by atoms with Crippen LogP contribution in [0.5, 0.6) is 0 Å². The van der Waals surface area contributed by atoms with Gasteiger partial charge in [-0.25, -0.2) is 0 Å². The van der Waals surface area contributed by atoms with Gasteiger partial charge in [0.15, 0.2) is 0 Å². The molecular weight excluding hydrogens is 276 g/mol. The Morgan fingerprint density at radius 1 is 1.05 bits per heavy atom. The Morgan fingerprint density at radius 2 is 1.77 bits per heavy atom. The van der Waals surface area contributed by atoms with Crippen molar-refractivity contribution >= 4 is 5.97 Å². The maximum absolute atomic E-state index is 11.7. The van der Waals surface area contributed by atoms with E-state index in [4.69, 9.17) is 4.74 Å². The van der Waals surface area contributed by atoms with Crippen LogP contribution in [0.4, 0.5) is 0 Å². The van der Waals surface area contributed by atoms with E-state index in [1.807, 2.05) is 0 Å². The number of rotatable bonds is 0. The number of cyclic esters (lactones) is 1. The van der Waals surface area contributed by atoms with Crippen LogP contribution < -0.4 is 0 Å². The monoisotopic (exact) mass is 306 g/mol. The Bertz CT molecular complexity index is 499. The molecule has 7 atom stereocenters. The molecule has 0 amide bonds. The highest BCUT2D eigenvalue weighted by atomic mass is 16.5. The second kappa shape index (κ2) is 4.49. The van der Waals surface area contributed by atoms with Gasteiger partial charge in [0.1, 0.15) is 0 Å². The first-order valence-electron chi connectivity index (χ1n) is 9.16. The molecule has 22 heavy (non-hydrogen) atoms. The van der Waals surface area contributed by atoms with Crippen LogP contribution in [0, 0.1) is 34.5 Å². The van der Waals surface area contributed by atoms with Gasteiger partial charge in [-0.1, -0.05) is 13.8 Å². The van der Waals surface area contributed by atoms with E-state index in [1.165, 1.54) is 25.7 Å². The lowest BCUT2D eigenvalue weighted by Gasteiger charge is -2.60. The average Bonchev–Trinajstić information content (AvgIpc) is 2.70. The number of carbonyl (C=O) groups is 1. The van der Waals surface area contributed by atoms with Gasteiger partial charge in [0.05, 0.1) is 12.2 Å². The van der Waals surface area contributed by atoms with Crippen LogP contribution in [-0.2, 0) is 9.53 Å². The molecule has 1 heterocycles. The van der Waals surface area contributed by atoms with Crippen LogP contribution in [0.25, 0.3) is 0 Å². The minimum Gasteiger partial charge on any atom is -0.465 e. The molecule has 3 nitrogen and oxygen atoms in total. The summed E-state index contributed by atoms with van der Waals surface area (Å²) in [5, 5.41) is 10.9. The molecule has 1 aliphatic heterocycles. The van der Waals surface area contributed by atoms with E-state index < -0.39 is 5.60 Å². The van der Waals surface area contributed by atoms with Crippen molar-refractivity contribution in [1.29, 1.82) is 0 Å². The number of aliphatic hydroxyl groups is 1. The molecule has 1 saturated heterocycles. The minimum atomic E-state index is -0.501. The van der Waals surface area contributed by atoms with E-state index in [0.29, 0.717) is 36.7 Å². The normalized spacial score (nSPS) is 57.5. The van der Waals surface area contributed by atoms with Crippen molar-refractivity contribution in [2.75, 3.05) is 6.61 Å². The Kier molecular flexibility index (Phi) is 3.06. The Hall–Kier alpha value is -0.570. The molecule has 4 aliphatic rings. The van der Waals surface area contributed by atoms with Crippen molar-refractivity contribution in [2.45, 2.75) is 71.3 Å². The molecule has 3 heteroatoms. The number of esters is 1. The third-order valence-electron chi connectivity index (χ3n) is 8.58. The zero-order chi connectivity index (χ0) is 15.8. The predicted molar refractivity (Wildman–Crippen MR) is 84.1 cm³/mol. The molecule has 5 unspecified atom stereocenters. The summed E-state index contributed by atoms with van der Waals surface area (Å²) < 4.78 is 5.49. The van der Waals surface area contributed by atoms with Crippen LogP contribution in [-0.4, -0.2) is 23.3 Å². The van der Waals surface area contributed by atoms with E-state index in [1.54, 1.807) is 0 Å². The SMILES string of the molecule is CC12COC(=O)C[C@@H]1CCC1C2CCC2(C)C1CC[C@@]2(C)O. The molecule has 3 saturated carbocycles. The van der Waals surface area contributed by atoms with Crippen LogP contribution in [0.2, 0.25) is 0 Å². The Labute approximate surface area is 133 Å². The fourth-order valence-corrected chi connectivity index (χ4v) is 6.83. The van der Waals surface area contributed by atoms with Crippen molar-refractivity contribution in [3.63, 3.8) is 0 Å². The molecule has 0 radical (unpaired) electrons. The standard InChI is InChI=1S/C19H30O3/c1-17-11-22-16(20)10-12(17)4-5-13-14(17)6-8-18(2)15(13)7-9-19(18,3)21/h12-15,21H,4-11H2,1-3H3/t12-,13?,14?,15?,17?,18?,19+/m0/s1. The Morgan fingerprint density at radius 3 is 2.55 bits per heavy atom. The summed E-state index contributed by atoms with van der Waals surface area (Å²) in [5.41, 5.74) is -0.241. The van der Waals surface area contributed by atoms with Crippen LogP contribution in [0.3, 0.4) is 0 Å². The van der Waals surface area contributed by atoms with E-state index in [9.17, 15) is 9.90 Å². The second-order valence-corrected chi connectivity index (χ2v) is 9.29. The maximum Gasteiger partial charge on any atom is 0.306 e. The van der Waals surface area contributed by atoms with E-state index in [0.717, 1.165) is 12.8 Å². The summed E-state index contributed by atoms with van der Waals surface area (Å²) in [5.74, 6) is 2.56. The lowest BCUT2D eigenvalue weighted by Crippen LogP contribution is -2.57. The zero-order valence-electron chi connectivity index (χ0n) is 14.2. The molecule has 0 aromatic carbocycles. The molecule has 0 aromatic heterocycles. The van der Waals surface area contributed by atoms with Gasteiger partial charge in [-0.05, 0) is 74.5 Å². The van der Waals surface area contributed by atoms with Crippen molar-refractivity contribution in [3.05, 3.63) is 0 Å². The third-order valence-corrected chi connectivity index (χ3v) is 8.58. The topological polar surface area (TPSA) is 46.5 Å². The van der Waals surface area contributed by atoms with Crippen LogP contribution in [0.1, 0.15) is 65.7 Å². The summed E-state index contributed by atoms with van der Waals surface area (Å²) in [4.78, 5) is 11.7. The van der Waals surface area contributed by atoms with Gasteiger partial charge in [0.25, 0.3) is 0 Å². The number of hydrogen-bond acceptors (Lipinski definition) is 3. The molecule has 0 bridgehead atoms. The summed E-state index contributed by atoms with van der Waals surface area (Å²) in [6.45, 7) is 7.38. The van der Waals surface area contributed by atoms with Gasteiger partial charge in [-0.3, -0.25) is 4.79 Å². The first-order valence-corrected chi connectivity index (χ1v) is 9.16. The smallest absolute Gasteiger partial charge is 0.306 e. The van der Waals surface area contributed by atoms with Gasteiger partial charge in [-0.15, -0.1) is 0 Å². The highest BCUT2D eigenvalue weighted by Crippen LogP contribution is 2.67. The van der Waals surface area contributed by atoms with Gasteiger partial charge in [-0.2, -0.15) is 0 Å². The van der Waals surface area contributed by atoms with E-state index in [-0.39, 0.29) is 16.8 Å². The zero-order valence-corrected chi connectivity index (χ0v) is 14.2. The molecule has 0 spiro atoms. The highest BCUT2D eigenvalue weighted by molar-refractivity contribution is 5.70. The lowest BCUT2D eigenvalue weighted by atomic mass is 9.46. The van der Waals surface area contributed by atoms with E-state index in [2.05, 4.69) is 20.8 Å². The minimum absolute atomic E-state index is 0.00497. The number of fused-ring (bicyclic) bond motifs is 5. The summed E-state index contributed by atoms with van der Waals surface area (Å²) >= 11 is 0. The average molecular weight is 306 g/mol. The van der Waals surface area contributed by atoms with Crippen molar-refractivity contribution in [3.8, 4) is 0 Å². The van der Waals surface area contributed by atoms with Crippen molar-refractivity contribution in [2.24, 2.45) is 34.5 Å². The first kappa shape index (κ1) is 15.0.